The zero-order chi connectivity index (χ0) is 12.4. The summed E-state index contributed by atoms with van der Waals surface area (Å²) in [5.41, 5.74) is 0. The van der Waals surface area contributed by atoms with Crippen molar-refractivity contribution < 1.29 is 4.52 Å². The minimum absolute atomic E-state index is 0.401. The fourth-order valence-electron chi connectivity index (χ4n) is 3.01. The fraction of sp³-hybridized carbons (Fsp3) is 0.846. The summed E-state index contributed by atoms with van der Waals surface area (Å²) in [6, 6.07) is 0.497. The van der Waals surface area contributed by atoms with Gasteiger partial charge >= 0.3 is 0 Å². The molecule has 1 N–H and O–H groups in total. The van der Waals surface area contributed by atoms with Crippen molar-refractivity contribution in [2.45, 2.75) is 50.5 Å². The third-order valence-corrected chi connectivity index (χ3v) is 5.23. The molecule has 2 aliphatic rings. The number of rotatable bonds is 4. The van der Waals surface area contributed by atoms with Gasteiger partial charge in [0.25, 0.3) is 0 Å². The second-order valence-corrected chi connectivity index (χ2v) is 6.36. The molecule has 0 amide bonds. The highest BCUT2D eigenvalue weighted by atomic mass is 32.2. The lowest BCUT2D eigenvalue weighted by atomic mass is 10.0. The molecule has 1 aromatic rings. The fourth-order valence-corrected chi connectivity index (χ4v) is 4.38. The summed E-state index contributed by atoms with van der Waals surface area (Å²) < 4.78 is 5.52. The Morgan fingerprint density at radius 3 is 2.94 bits per heavy atom. The van der Waals surface area contributed by atoms with Crippen LogP contribution in [0.15, 0.2) is 4.52 Å². The molecule has 1 saturated heterocycles. The Morgan fingerprint density at radius 1 is 1.33 bits per heavy atom. The maximum Gasteiger partial charge on any atom is 0.232 e. The zero-order valence-electron chi connectivity index (χ0n) is 10.9. The van der Waals surface area contributed by atoms with Gasteiger partial charge in [0.1, 0.15) is 0 Å². The van der Waals surface area contributed by atoms with E-state index in [9.17, 15) is 0 Å². The first-order chi connectivity index (χ1) is 8.88. The smallest absolute Gasteiger partial charge is 0.232 e. The molecule has 4 nitrogen and oxygen atoms in total. The number of hydrogen-bond acceptors (Lipinski definition) is 5. The maximum absolute atomic E-state index is 5.52. The molecule has 0 spiro atoms. The van der Waals surface area contributed by atoms with Crippen LogP contribution in [0.1, 0.15) is 56.2 Å². The Kier molecular flexibility index (Phi) is 3.89. The molecule has 5 heteroatoms. The predicted molar refractivity (Wildman–Crippen MR) is 73.0 cm³/mol. The molecular weight excluding hydrogens is 246 g/mol. The van der Waals surface area contributed by atoms with Crippen molar-refractivity contribution >= 4 is 11.8 Å². The third-order valence-electron chi connectivity index (χ3n) is 4.04. The summed E-state index contributed by atoms with van der Waals surface area (Å²) in [4.78, 5) is 4.68. The maximum atomic E-state index is 5.52. The lowest BCUT2D eigenvalue weighted by Gasteiger charge is -2.15. The normalized spacial score (nSPS) is 29.2. The highest BCUT2D eigenvalue weighted by Crippen LogP contribution is 2.35. The van der Waals surface area contributed by atoms with Gasteiger partial charge in [0.2, 0.25) is 5.89 Å². The number of aromatic nitrogens is 2. The molecule has 0 radical (unpaired) electrons. The number of likely N-dealkylation sites (N-methyl/N-ethyl adjacent to an activating group) is 1. The molecule has 18 heavy (non-hydrogen) atoms. The quantitative estimate of drug-likeness (QED) is 0.908. The van der Waals surface area contributed by atoms with Gasteiger partial charge in [0, 0.05) is 23.5 Å². The van der Waals surface area contributed by atoms with E-state index < -0.39 is 0 Å². The molecule has 0 aromatic carbocycles. The summed E-state index contributed by atoms with van der Waals surface area (Å²) >= 11 is 1.98. The molecule has 1 aliphatic heterocycles. The second kappa shape index (κ2) is 5.61. The Balaban J connectivity index is 1.71. The lowest BCUT2D eigenvalue weighted by molar-refractivity contribution is 0.335. The van der Waals surface area contributed by atoms with Crippen LogP contribution in [-0.4, -0.2) is 34.2 Å². The molecule has 2 atom stereocenters. The Hall–Kier alpha value is -0.550. The molecule has 3 rings (SSSR count). The topological polar surface area (TPSA) is 51.0 Å². The predicted octanol–water partition coefficient (Wildman–Crippen LogP) is 2.54. The molecule has 2 heterocycles. The highest BCUT2D eigenvalue weighted by Gasteiger charge is 2.33. The first-order valence-corrected chi connectivity index (χ1v) is 8.18. The number of thioether (sulfide) groups is 1. The van der Waals surface area contributed by atoms with Gasteiger partial charge in [-0.25, -0.2) is 0 Å². The van der Waals surface area contributed by atoms with Gasteiger partial charge in [-0.3, -0.25) is 0 Å². The van der Waals surface area contributed by atoms with Crippen LogP contribution in [0.2, 0.25) is 0 Å². The van der Waals surface area contributed by atoms with Crippen molar-refractivity contribution in [1.29, 1.82) is 0 Å². The molecule has 1 aromatic heterocycles. The average molecular weight is 267 g/mol. The van der Waals surface area contributed by atoms with Crippen LogP contribution in [-0.2, 0) is 0 Å². The lowest BCUT2D eigenvalue weighted by Crippen LogP contribution is -2.34. The van der Waals surface area contributed by atoms with Gasteiger partial charge in [-0.05, 0) is 19.4 Å². The molecule has 0 bridgehead atoms. The van der Waals surface area contributed by atoms with Gasteiger partial charge in [0.15, 0.2) is 5.82 Å². The van der Waals surface area contributed by atoms with Crippen LogP contribution in [0.5, 0.6) is 0 Å². The van der Waals surface area contributed by atoms with E-state index in [0.29, 0.717) is 17.9 Å². The zero-order valence-corrected chi connectivity index (χ0v) is 11.7. The molecule has 2 fully saturated rings. The van der Waals surface area contributed by atoms with E-state index in [2.05, 4.69) is 22.4 Å². The highest BCUT2D eigenvalue weighted by molar-refractivity contribution is 7.99. The van der Waals surface area contributed by atoms with E-state index in [1.165, 1.54) is 25.7 Å². The molecule has 2 unspecified atom stereocenters. The standard InChI is InChI=1S/C13H21N3OS/c1-2-14-11-8-18-7-10(11)13-15-12(16-17-13)9-5-3-4-6-9/h9-11,14H,2-8H2,1H3. The summed E-state index contributed by atoms with van der Waals surface area (Å²) in [6.45, 7) is 3.16. The van der Waals surface area contributed by atoms with E-state index in [1.54, 1.807) is 0 Å². The van der Waals surface area contributed by atoms with Crippen LogP contribution >= 0.6 is 11.8 Å². The van der Waals surface area contributed by atoms with Crippen molar-refractivity contribution in [2.75, 3.05) is 18.1 Å². The van der Waals surface area contributed by atoms with Crippen molar-refractivity contribution in [3.8, 4) is 0 Å². The van der Waals surface area contributed by atoms with Crippen LogP contribution in [0.3, 0.4) is 0 Å². The summed E-state index contributed by atoms with van der Waals surface area (Å²) in [6.07, 6.45) is 5.09. The van der Waals surface area contributed by atoms with Crippen LogP contribution < -0.4 is 5.32 Å². The van der Waals surface area contributed by atoms with Crippen LogP contribution in [0, 0.1) is 0 Å². The van der Waals surface area contributed by atoms with Gasteiger partial charge in [-0.1, -0.05) is 24.9 Å². The van der Waals surface area contributed by atoms with Gasteiger partial charge in [-0.15, -0.1) is 0 Å². The van der Waals surface area contributed by atoms with E-state index >= 15 is 0 Å². The van der Waals surface area contributed by atoms with E-state index in [0.717, 1.165) is 29.8 Å². The van der Waals surface area contributed by atoms with E-state index in [4.69, 9.17) is 4.52 Å². The van der Waals surface area contributed by atoms with Gasteiger partial charge in [0.05, 0.1) is 5.92 Å². The van der Waals surface area contributed by atoms with Gasteiger partial charge < -0.3 is 9.84 Å². The minimum Gasteiger partial charge on any atom is -0.339 e. The molecule has 1 saturated carbocycles. The monoisotopic (exact) mass is 267 g/mol. The average Bonchev–Trinajstić information content (AvgIpc) is 3.10. The SMILES string of the molecule is CCNC1CSCC1c1nc(C2CCCC2)no1. The number of nitrogens with one attached hydrogen (secondary N) is 1. The number of hydrogen-bond donors (Lipinski definition) is 1. The van der Waals surface area contributed by atoms with Crippen molar-refractivity contribution in [3.63, 3.8) is 0 Å². The Morgan fingerprint density at radius 2 is 2.17 bits per heavy atom. The Labute approximate surface area is 112 Å². The van der Waals surface area contributed by atoms with E-state index in [1.807, 2.05) is 11.8 Å². The van der Waals surface area contributed by atoms with Crippen molar-refractivity contribution in [2.24, 2.45) is 0 Å². The van der Waals surface area contributed by atoms with Crippen molar-refractivity contribution in [1.82, 2.24) is 15.5 Å². The Bertz CT molecular complexity index is 389. The number of nitrogens with zero attached hydrogens (tertiary/aromatic N) is 2. The minimum atomic E-state index is 0.401. The van der Waals surface area contributed by atoms with Crippen molar-refractivity contribution in [3.05, 3.63) is 11.7 Å². The first-order valence-electron chi connectivity index (χ1n) is 7.03. The molecule has 100 valence electrons. The van der Waals surface area contributed by atoms with Crippen LogP contribution in [0.4, 0.5) is 0 Å². The molecular formula is C13H21N3OS. The summed E-state index contributed by atoms with van der Waals surface area (Å²) in [5, 5.41) is 7.74. The van der Waals surface area contributed by atoms with Crippen LogP contribution in [0.25, 0.3) is 0 Å². The summed E-state index contributed by atoms with van der Waals surface area (Å²) in [7, 11) is 0. The second-order valence-electron chi connectivity index (χ2n) is 5.28. The largest absolute Gasteiger partial charge is 0.339 e. The first kappa shape index (κ1) is 12.5. The summed E-state index contributed by atoms with van der Waals surface area (Å²) in [5.74, 6) is 5.01. The van der Waals surface area contributed by atoms with Gasteiger partial charge in [-0.2, -0.15) is 16.7 Å². The van der Waals surface area contributed by atoms with E-state index in [-0.39, 0.29) is 0 Å². The molecule has 1 aliphatic carbocycles. The third kappa shape index (κ3) is 2.43.